The predicted molar refractivity (Wildman–Crippen MR) is 81.1 cm³/mol. The lowest BCUT2D eigenvalue weighted by molar-refractivity contribution is 0.0589. The number of methoxy groups -OCH3 is 1. The Morgan fingerprint density at radius 3 is 2.55 bits per heavy atom. The van der Waals surface area contributed by atoms with Gasteiger partial charge in [0.25, 0.3) is 5.91 Å². The van der Waals surface area contributed by atoms with Crippen LogP contribution in [-0.2, 0) is 11.3 Å². The van der Waals surface area contributed by atoms with Crippen LogP contribution in [0.5, 0.6) is 0 Å². The van der Waals surface area contributed by atoms with Gasteiger partial charge < -0.3 is 19.8 Å². The summed E-state index contributed by atoms with van der Waals surface area (Å²) in [7, 11) is 1.64. The first-order valence-corrected chi connectivity index (χ1v) is 6.75. The number of rotatable bonds is 8. The van der Waals surface area contributed by atoms with E-state index in [1.54, 1.807) is 13.2 Å². The van der Waals surface area contributed by atoms with Crippen molar-refractivity contribution >= 4 is 18.3 Å². The molecule has 1 aromatic heterocycles. The summed E-state index contributed by atoms with van der Waals surface area (Å²) in [5.41, 5.74) is 6.05. The second kappa shape index (κ2) is 9.80. The van der Waals surface area contributed by atoms with Crippen molar-refractivity contribution in [1.82, 2.24) is 4.90 Å². The first kappa shape index (κ1) is 19.0. The summed E-state index contributed by atoms with van der Waals surface area (Å²) in [6.07, 6.45) is 3.33. The van der Waals surface area contributed by atoms with Crippen LogP contribution >= 0.6 is 12.4 Å². The van der Waals surface area contributed by atoms with Crippen LogP contribution in [0.15, 0.2) is 16.7 Å². The van der Waals surface area contributed by atoms with Crippen molar-refractivity contribution in [3.8, 4) is 0 Å². The van der Waals surface area contributed by atoms with Crippen LogP contribution in [0, 0.1) is 0 Å². The van der Waals surface area contributed by atoms with Gasteiger partial charge in [-0.15, -0.1) is 12.4 Å². The monoisotopic (exact) mass is 304 g/mol. The molecule has 0 radical (unpaired) electrons. The van der Waals surface area contributed by atoms with Crippen LogP contribution in [0.3, 0.4) is 0 Å². The SMILES string of the molecule is CCC(CC)N(CCOC)C(=O)c1coc(CN)c1.Cl. The third-order valence-electron chi connectivity index (χ3n) is 3.28. The fraction of sp³-hybridized carbons (Fsp3) is 0.643. The molecule has 1 rings (SSSR count). The average molecular weight is 305 g/mol. The smallest absolute Gasteiger partial charge is 0.257 e. The quantitative estimate of drug-likeness (QED) is 0.801. The number of nitrogens with two attached hydrogens (primary N) is 1. The van der Waals surface area contributed by atoms with Crippen LogP contribution in [0.1, 0.15) is 42.8 Å². The number of nitrogens with zero attached hydrogens (tertiary/aromatic N) is 1. The first-order valence-electron chi connectivity index (χ1n) is 6.75. The van der Waals surface area contributed by atoms with Crippen molar-refractivity contribution in [3.63, 3.8) is 0 Å². The molecule has 1 aromatic rings. The Bertz CT molecular complexity index is 392. The summed E-state index contributed by atoms with van der Waals surface area (Å²) in [5.74, 6) is 0.605. The van der Waals surface area contributed by atoms with E-state index in [0.29, 0.717) is 31.0 Å². The summed E-state index contributed by atoms with van der Waals surface area (Å²) in [5, 5.41) is 0. The standard InChI is InChI=1S/C14H24N2O3.ClH/c1-4-12(5-2)16(6-7-18-3)14(17)11-8-13(9-15)19-10-11;/h8,10,12H,4-7,9,15H2,1-3H3;1H. The number of carbonyl (C=O) groups is 1. The first-order chi connectivity index (χ1) is 9.17. The Balaban J connectivity index is 0.00000361. The fourth-order valence-corrected chi connectivity index (χ4v) is 2.13. The van der Waals surface area contributed by atoms with E-state index in [1.165, 1.54) is 6.26 Å². The molecule has 0 aliphatic rings. The molecule has 1 heterocycles. The van der Waals surface area contributed by atoms with Crippen molar-refractivity contribution in [2.45, 2.75) is 39.3 Å². The van der Waals surface area contributed by atoms with Gasteiger partial charge in [0.15, 0.2) is 0 Å². The minimum Gasteiger partial charge on any atom is -0.467 e. The van der Waals surface area contributed by atoms with Crippen LogP contribution < -0.4 is 5.73 Å². The van der Waals surface area contributed by atoms with Gasteiger partial charge in [-0.1, -0.05) is 13.8 Å². The van der Waals surface area contributed by atoms with Crippen LogP contribution in [0.25, 0.3) is 0 Å². The number of hydrogen-bond acceptors (Lipinski definition) is 4. The van der Waals surface area contributed by atoms with E-state index in [1.807, 2.05) is 4.90 Å². The molecule has 0 aliphatic heterocycles. The number of hydrogen-bond donors (Lipinski definition) is 1. The highest BCUT2D eigenvalue weighted by Gasteiger charge is 2.23. The third-order valence-corrected chi connectivity index (χ3v) is 3.28. The van der Waals surface area contributed by atoms with Crippen molar-refractivity contribution in [1.29, 1.82) is 0 Å². The Morgan fingerprint density at radius 2 is 2.10 bits per heavy atom. The van der Waals surface area contributed by atoms with Crippen LogP contribution in [0.4, 0.5) is 0 Å². The molecule has 0 aliphatic carbocycles. The Kier molecular flexibility index (Phi) is 9.29. The minimum atomic E-state index is -0.0193. The molecule has 116 valence electrons. The molecular weight excluding hydrogens is 280 g/mol. The highest BCUT2D eigenvalue weighted by molar-refractivity contribution is 5.94. The zero-order chi connectivity index (χ0) is 14.3. The number of halogens is 1. The van der Waals surface area contributed by atoms with Crippen molar-refractivity contribution in [3.05, 3.63) is 23.7 Å². The maximum absolute atomic E-state index is 12.5. The Labute approximate surface area is 126 Å². The molecule has 2 N–H and O–H groups in total. The van der Waals surface area contributed by atoms with Gasteiger partial charge in [-0.3, -0.25) is 4.79 Å². The second-order valence-corrected chi connectivity index (χ2v) is 4.47. The van der Waals surface area contributed by atoms with Gasteiger partial charge in [-0.25, -0.2) is 0 Å². The molecule has 0 atom stereocenters. The maximum Gasteiger partial charge on any atom is 0.257 e. The lowest BCUT2D eigenvalue weighted by Gasteiger charge is -2.30. The van der Waals surface area contributed by atoms with Gasteiger partial charge >= 0.3 is 0 Å². The van der Waals surface area contributed by atoms with Gasteiger partial charge in [0, 0.05) is 19.7 Å². The number of amides is 1. The molecule has 0 saturated heterocycles. The molecule has 20 heavy (non-hydrogen) atoms. The molecular formula is C14H25ClN2O3. The summed E-state index contributed by atoms with van der Waals surface area (Å²) >= 11 is 0. The van der Waals surface area contributed by atoms with E-state index in [9.17, 15) is 4.79 Å². The van der Waals surface area contributed by atoms with E-state index >= 15 is 0 Å². The lowest BCUT2D eigenvalue weighted by Crippen LogP contribution is -2.41. The topological polar surface area (TPSA) is 68.7 Å². The fourth-order valence-electron chi connectivity index (χ4n) is 2.13. The molecule has 0 bridgehead atoms. The van der Waals surface area contributed by atoms with E-state index in [2.05, 4.69) is 13.8 Å². The largest absolute Gasteiger partial charge is 0.467 e. The molecule has 0 fully saturated rings. The van der Waals surface area contributed by atoms with Gasteiger partial charge in [0.2, 0.25) is 0 Å². The minimum absolute atomic E-state index is 0. The number of ether oxygens (including phenoxy) is 1. The normalized spacial score (nSPS) is 10.4. The van der Waals surface area contributed by atoms with Crippen molar-refractivity contribution < 1.29 is 13.9 Å². The molecule has 5 nitrogen and oxygen atoms in total. The number of carbonyl (C=O) groups excluding carboxylic acids is 1. The molecule has 6 heteroatoms. The zero-order valence-corrected chi connectivity index (χ0v) is 13.2. The highest BCUT2D eigenvalue weighted by atomic mass is 35.5. The lowest BCUT2D eigenvalue weighted by atomic mass is 10.1. The summed E-state index contributed by atoms with van der Waals surface area (Å²) in [4.78, 5) is 14.4. The summed E-state index contributed by atoms with van der Waals surface area (Å²) < 4.78 is 10.3. The highest BCUT2D eigenvalue weighted by Crippen LogP contribution is 2.15. The third kappa shape index (κ3) is 4.81. The van der Waals surface area contributed by atoms with Crippen molar-refractivity contribution in [2.24, 2.45) is 5.73 Å². The van der Waals surface area contributed by atoms with Gasteiger partial charge in [0.05, 0.1) is 18.7 Å². The van der Waals surface area contributed by atoms with Crippen LogP contribution in [-0.4, -0.2) is 37.1 Å². The van der Waals surface area contributed by atoms with E-state index in [4.69, 9.17) is 14.9 Å². The van der Waals surface area contributed by atoms with E-state index in [-0.39, 0.29) is 24.4 Å². The Hall–Kier alpha value is -1.04. The zero-order valence-electron chi connectivity index (χ0n) is 12.4. The molecule has 0 spiro atoms. The average Bonchev–Trinajstić information content (AvgIpc) is 2.91. The van der Waals surface area contributed by atoms with Gasteiger partial charge in [-0.2, -0.15) is 0 Å². The predicted octanol–water partition coefficient (Wildman–Crippen LogP) is 2.44. The molecule has 1 amide bonds. The summed E-state index contributed by atoms with van der Waals surface area (Å²) in [6, 6.07) is 1.93. The van der Waals surface area contributed by atoms with Gasteiger partial charge in [-0.05, 0) is 18.9 Å². The summed E-state index contributed by atoms with van der Waals surface area (Å²) in [6.45, 7) is 5.59. The molecule has 0 saturated carbocycles. The Morgan fingerprint density at radius 1 is 1.45 bits per heavy atom. The van der Waals surface area contributed by atoms with Crippen molar-refractivity contribution in [2.75, 3.05) is 20.3 Å². The maximum atomic E-state index is 12.5. The van der Waals surface area contributed by atoms with E-state index in [0.717, 1.165) is 12.8 Å². The molecule has 0 unspecified atom stereocenters. The second-order valence-electron chi connectivity index (χ2n) is 4.47. The molecule has 0 aromatic carbocycles. The van der Waals surface area contributed by atoms with Gasteiger partial charge in [0.1, 0.15) is 12.0 Å². The van der Waals surface area contributed by atoms with E-state index < -0.39 is 0 Å². The van der Waals surface area contributed by atoms with Crippen LogP contribution in [0.2, 0.25) is 0 Å². The number of furan rings is 1.